The molecule has 0 aliphatic carbocycles. The number of nitrogens with zero attached hydrogens (tertiary/aromatic N) is 1. The minimum atomic E-state index is -0.101. The maximum Gasteiger partial charge on any atom is 0.261 e. The van der Waals surface area contributed by atoms with Gasteiger partial charge in [-0.1, -0.05) is 36.4 Å². The third-order valence-electron chi connectivity index (χ3n) is 4.33. The van der Waals surface area contributed by atoms with Crippen molar-refractivity contribution in [3.63, 3.8) is 0 Å². The molecule has 0 radical (unpaired) electrons. The van der Waals surface area contributed by atoms with Crippen LogP contribution < -0.4 is 14.2 Å². The molecule has 0 atom stereocenters. The van der Waals surface area contributed by atoms with Gasteiger partial charge in [0.2, 0.25) is 0 Å². The summed E-state index contributed by atoms with van der Waals surface area (Å²) in [6.45, 7) is 3.34. The molecule has 29 heavy (non-hydrogen) atoms. The van der Waals surface area contributed by atoms with Crippen molar-refractivity contribution in [2.24, 2.45) is 0 Å². The van der Waals surface area contributed by atoms with Crippen molar-refractivity contribution in [1.29, 1.82) is 0 Å². The third kappa shape index (κ3) is 5.74. The van der Waals surface area contributed by atoms with Crippen molar-refractivity contribution in [1.82, 2.24) is 4.90 Å². The van der Waals surface area contributed by atoms with Gasteiger partial charge >= 0.3 is 0 Å². The Morgan fingerprint density at radius 2 is 1.59 bits per heavy atom. The smallest absolute Gasteiger partial charge is 0.261 e. The average molecular weight is 412 g/mol. The van der Waals surface area contributed by atoms with E-state index in [9.17, 15) is 4.79 Å². The Hall–Kier alpha value is -2.99. The van der Waals surface area contributed by atoms with E-state index < -0.39 is 0 Å². The molecule has 0 fully saturated rings. The highest BCUT2D eigenvalue weighted by Gasteiger charge is 2.18. The van der Waals surface area contributed by atoms with Crippen molar-refractivity contribution in [2.45, 2.75) is 20.0 Å². The molecule has 152 valence electrons. The van der Waals surface area contributed by atoms with Gasteiger partial charge < -0.3 is 19.1 Å². The summed E-state index contributed by atoms with van der Waals surface area (Å²) in [7, 11) is 1.64. The van der Waals surface area contributed by atoms with E-state index in [2.05, 4.69) is 0 Å². The first kappa shape index (κ1) is 20.7. The predicted molar refractivity (Wildman–Crippen MR) is 115 cm³/mol. The Balaban J connectivity index is 1.74. The van der Waals surface area contributed by atoms with Crippen molar-refractivity contribution in [3.05, 3.63) is 76.5 Å². The molecule has 0 spiro atoms. The van der Waals surface area contributed by atoms with Crippen molar-refractivity contribution in [2.75, 3.05) is 20.3 Å². The van der Waals surface area contributed by atoms with Crippen molar-refractivity contribution >= 4 is 17.2 Å². The van der Waals surface area contributed by atoms with Crippen LogP contribution in [-0.2, 0) is 17.9 Å². The van der Waals surface area contributed by atoms with E-state index in [1.807, 2.05) is 73.0 Å². The lowest BCUT2D eigenvalue weighted by atomic mass is 10.2. The summed E-state index contributed by atoms with van der Waals surface area (Å²) in [4.78, 5) is 15.9. The number of para-hydroxylation sites is 3. The van der Waals surface area contributed by atoms with Gasteiger partial charge in [0.15, 0.2) is 18.1 Å². The molecule has 0 unspecified atom stereocenters. The van der Waals surface area contributed by atoms with E-state index in [1.54, 1.807) is 23.3 Å². The van der Waals surface area contributed by atoms with Crippen LogP contribution in [0.4, 0.5) is 0 Å². The fourth-order valence-corrected chi connectivity index (χ4v) is 3.66. The molecule has 1 heterocycles. The molecule has 5 nitrogen and oxygen atoms in total. The minimum Gasteiger partial charge on any atom is -0.496 e. The molecule has 0 aliphatic heterocycles. The highest BCUT2D eigenvalue weighted by Crippen LogP contribution is 2.27. The van der Waals surface area contributed by atoms with Crippen LogP contribution >= 0.6 is 11.3 Å². The summed E-state index contributed by atoms with van der Waals surface area (Å²) in [6.07, 6.45) is 0. The van der Waals surface area contributed by atoms with Gasteiger partial charge in [-0.05, 0) is 36.6 Å². The number of benzene rings is 2. The van der Waals surface area contributed by atoms with Crippen LogP contribution in [0, 0.1) is 0 Å². The molecule has 3 aromatic rings. The molecule has 1 amide bonds. The van der Waals surface area contributed by atoms with Crippen LogP contribution in [0.25, 0.3) is 0 Å². The number of amides is 1. The monoisotopic (exact) mass is 411 g/mol. The Kier molecular flexibility index (Phi) is 7.53. The summed E-state index contributed by atoms with van der Waals surface area (Å²) >= 11 is 1.63. The molecule has 0 saturated heterocycles. The zero-order valence-corrected chi connectivity index (χ0v) is 17.5. The average Bonchev–Trinajstić information content (AvgIpc) is 3.26. The standard InChI is InChI=1S/C23H25NO4S/c1-3-27-21-12-6-7-13-22(21)28-17-23(25)24(16-19-10-8-14-29-19)15-18-9-4-5-11-20(18)26-2/h4-14H,3,15-17H2,1-2H3. The van der Waals surface area contributed by atoms with Gasteiger partial charge in [-0.15, -0.1) is 11.3 Å². The summed E-state index contributed by atoms with van der Waals surface area (Å²) < 4.78 is 16.8. The predicted octanol–water partition coefficient (Wildman–Crippen LogP) is 4.76. The molecule has 3 rings (SSSR count). The normalized spacial score (nSPS) is 10.4. The number of carbonyl (C=O) groups excluding carboxylic acids is 1. The number of ether oxygens (including phenoxy) is 3. The molecular formula is C23H25NO4S. The summed E-state index contributed by atoms with van der Waals surface area (Å²) in [5.74, 6) is 1.86. The molecule has 0 bridgehead atoms. The van der Waals surface area contributed by atoms with Crippen LogP contribution in [0.1, 0.15) is 17.4 Å². The van der Waals surface area contributed by atoms with Gasteiger partial charge in [-0.25, -0.2) is 0 Å². The van der Waals surface area contributed by atoms with Crippen LogP contribution in [0.3, 0.4) is 0 Å². The largest absolute Gasteiger partial charge is 0.496 e. The molecule has 6 heteroatoms. The number of rotatable bonds is 10. The van der Waals surface area contributed by atoms with Gasteiger partial charge in [0.05, 0.1) is 20.3 Å². The first-order valence-corrected chi connectivity index (χ1v) is 10.4. The van der Waals surface area contributed by atoms with Crippen molar-refractivity contribution in [3.8, 4) is 17.2 Å². The Labute approximate surface area is 175 Å². The van der Waals surface area contributed by atoms with Crippen molar-refractivity contribution < 1.29 is 19.0 Å². The van der Waals surface area contributed by atoms with E-state index in [0.717, 1.165) is 16.2 Å². The van der Waals surface area contributed by atoms with Gasteiger partial charge in [0, 0.05) is 17.0 Å². The summed E-state index contributed by atoms with van der Waals surface area (Å²) in [5, 5.41) is 2.01. The lowest BCUT2D eigenvalue weighted by Crippen LogP contribution is -2.34. The summed E-state index contributed by atoms with van der Waals surface area (Å²) in [5.41, 5.74) is 0.953. The Morgan fingerprint density at radius 1 is 0.897 bits per heavy atom. The first-order valence-electron chi connectivity index (χ1n) is 9.48. The summed E-state index contributed by atoms with van der Waals surface area (Å²) in [6, 6.07) is 19.1. The quantitative estimate of drug-likeness (QED) is 0.482. The first-order chi connectivity index (χ1) is 14.2. The molecule has 0 N–H and O–H groups in total. The topological polar surface area (TPSA) is 48.0 Å². The maximum atomic E-state index is 13.0. The van der Waals surface area contributed by atoms with Gasteiger partial charge in [-0.2, -0.15) is 0 Å². The van der Waals surface area contributed by atoms with Gasteiger partial charge in [0.1, 0.15) is 5.75 Å². The fraction of sp³-hybridized carbons (Fsp3) is 0.261. The van der Waals surface area contributed by atoms with E-state index in [1.165, 1.54) is 0 Å². The highest BCUT2D eigenvalue weighted by atomic mass is 32.1. The number of carbonyl (C=O) groups is 1. The van der Waals surface area contributed by atoms with Gasteiger partial charge in [0.25, 0.3) is 5.91 Å². The highest BCUT2D eigenvalue weighted by molar-refractivity contribution is 7.09. The second-order valence-corrected chi connectivity index (χ2v) is 7.34. The lowest BCUT2D eigenvalue weighted by molar-refractivity contribution is -0.134. The number of methoxy groups -OCH3 is 1. The fourth-order valence-electron chi connectivity index (χ4n) is 2.94. The van der Waals surface area contributed by atoms with Crippen LogP contribution in [-0.4, -0.2) is 31.1 Å². The zero-order chi connectivity index (χ0) is 20.5. The SMILES string of the molecule is CCOc1ccccc1OCC(=O)N(Cc1cccs1)Cc1ccccc1OC. The molecule has 0 aliphatic rings. The van der Waals surface area contributed by atoms with Crippen LogP contribution in [0.2, 0.25) is 0 Å². The molecule has 2 aromatic carbocycles. The number of hydrogen-bond donors (Lipinski definition) is 0. The van der Waals surface area contributed by atoms with E-state index in [0.29, 0.717) is 31.2 Å². The Bertz CT molecular complexity index is 911. The van der Waals surface area contributed by atoms with Crippen LogP contribution in [0.15, 0.2) is 66.0 Å². The number of hydrogen-bond acceptors (Lipinski definition) is 5. The Morgan fingerprint density at radius 3 is 2.24 bits per heavy atom. The van der Waals surface area contributed by atoms with Gasteiger partial charge in [-0.3, -0.25) is 4.79 Å². The van der Waals surface area contributed by atoms with E-state index in [-0.39, 0.29) is 12.5 Å². The lowest BCUT2D eigenvalue weighted by Gasteiger charge is -2.23. The molecule has 1 aromatic heterocycles. The minimum absolute atomic E-state index is 0.0649. The van der Waals surface area contributed by atoms with Crippen LogP contribution in [0.5, 0.6) is 17.2 Å². The zero-order valence-electron chi connectivity index (χ0n) is 16.7. The van der Waals surface area contributed by atoms with E-state index >= 15 is 0 Å². The second kappa shape index (κ2) is 10.5. The number of thiophene rings is 1. The van der Waals surface area contributed by atoms with E-state index in [4.69, 9.17) is 14.2 Å². The second-order valence-electron chi connectivity index (χ2n) is 6.31. The molecule has 0 saturated carbocycles. The maximum absolute atomic E-state index is 13.0. The molecular weight excluding hydrogens is 386 g/mol. The third-order valence-corrected chi connectivity index (χ3v) is 5.19.